The molecular formula is C11H11N3O4. The standard InChI is InChI=1S/C11H11N3O4/c1-2-3-4-5-12-10-9(14(17)18)6-8(7-13-10)11(15)16/h6-7H,4-5H2,1H3,(H,12,13)(H,15,16). The van der Waals surface area contributed by atoms with Gasteiger partial charge in [0.25, 0.3) is 0 Å². The molecule has 0 saturated heterocycles. The van der Waals surface area contributed by atoms with Crippen molar-refractivity contribution in [2.75, 3.05) is 11.9 Å². The second-order valence-corrected chi connectivity index (χ2v) is 3.26. The van der Waals surface area contributed by atoms with E-state index in [1.165, 1.54) is 0 Å². The zero-order valence-corrected chi connectivity index (χ0v) is 9.64. The van der Waals surface area contributed by atoms with Crippen LogP contribution >= 0.6 is 0 Å². The van der Waals surface area contributed by atoms with E-state index < -0.39 is 10.9 Å². The maximum absolute atomic E-state index is 10.8. The highest BCUT2D eigenvalue weighted by Gasteiger charge is 2.18. The molecule has 1 aromatic heterocycles. The minimum atomic E-state index is -1.26. The summed E-state index contributed by atoms with van der Waals surface area (Å²) >= 11 is 0. The molecule has 0 radical (unpaired) electrons. The van der Waals surface area contributed by atoms with Crippen molar-refractivity contribution in [3.63, 3.8) is 0 Å². The molecule has 0 aliphatic heterocycles. The van der Waals surface area contributed by atoms with Gasteiger partial charge >= 0.3 is 11.7 Å². The number of nitro groups is 1. The van der Waals surface area contributed by atoms with E-state index in [-0.39, 0.29) is 17.1 Å². The van der Waals surface area contributed by atoms with Gasteiger partial charge in [0.2, 0.25) is 5.82 Å². The summed E-state index contributed by atoms with van der Waals surface area (Å²) in [5.41, 5.74) is -0.583. The number of pyridine rings is 1. The Kier molecular flexibility index (Phi) is 4.63. The van der Waals surface area contributed by atoms with Crippen LogP contribution < -0.4 is 5.32 Å². The number of nitrogens with one attached hydrogen (secondary N) is 1. The van der Waals surface area contributed by atoms with Crippen LogP contribution in [0.4, 0.5) is 11.5 Å². The van der Waals surface area contributed by atoms with Crippen molar-refractivity contribution in [2.45, 2.75) is 13.3 Å². The first-order valence-corrected chi connectivity index (χ1v) is 5.07. The predicted molar refractivity (Wildman–Crippen MR) is 64.4 cm³/mol. The van der Waals surface area contributed by atoms with Crippen molar-refractivity contribution in [3.05, 3.63) is 27.9 Å². The van der Waals surface area contributed by atoms with E-state index in [1.54, 1.807) is 6.92 Å². The number of aromatic carboxylic acids is 1. The van der Waals surface area contributed by atoms with Gasteiger partial charge in [-0.25, -0.2) is 9.78 Å². The lowest BCUT2D eigenvalue weighted by molar-refractivity contribution is -0.384. The maximum atomic E-state index is 10.8. The molecule has 0 atom stereocenters. The number of carboxylic acid groups (broad SMARTS) is 1. The lowest BCUT2D eigenvalue weighted by atomic mass is 10.2. The molecule has 7 heteroatoms. The molecule has 0 aliphatic rings. The van der Waals surface area contributed by atoms with Gasteiger partial charge in [-0.2, -0.15) is 0 Å². The summed E-state index contributed by atoms with van der Waals surface area (Å²) in [6.07, 6.45) is 1.60. The Morgan fingerprint density at radius 2 is 2.39 bits per heavy atom. The van der Waals surface area contributed by atoms with Crippen molar-refractivity contribution in [2.24, 2.45) is 0 Å². The summed E-state index contributed by atoms with van der Waals surface area (Å²) in [5.74, 6) is 4.27. The van der Waals surface area contributed by atoms with Gasteiger partial charge in [0.15, 0.2) is 0 Å². The predicted octanol–water partition coefficient (Wildman–Crippen LogP) is 1.51. The van der Waals surface area contributed by atoms with Crippen molar-refractivity contribution in [3.8, 4) is 11.8 Å². The van der Waals surface area contributed by atoms with Crippen LogP contribution in [0.5, 0.6) is 0 Å². The molecule has 0 amide bonds. The minimum absolute atomic E-state index is 0.0444. The molecule has 0 fully saturated rings. The number of nitrogens with zero attached hydrogens (tertiary/aromatic N) is 2. The second kappa shape index (κ2) is 6.20. The SMILES string of the molecule is CC#CCCNc1ncc(C(=O)O)cc1[N+](=O)[O-]. The van der Waals surface area contributed by atoms with Crippen molar-refractivity contribution >= 4 is 17.5 Å². The molecule has 1 rings (SSSR count). The van der Waals surface area contributed by atoms with E-state index in [9.17, 15) is 14.9 Å². The highest BCUT2D eigenvalue weighted by atomic mass is 16.6. The first kappa shape index (κ1) is 13.4. The minimum Gasteiger partial charge on any atom is -0.478 e. The van der Waals surface area contributed by atoms with Gasteiger partial charge in [-0.1, -0.05) is 0 Å². The summed E-state index contributed by atoms with van der Waals surface area (Å²) < 4.78 is 0. The van der Waals surface area contributed by atoms with Gasteiger partial charge in [-0.05, 0) is 6.92 Å². The summed E-state index contributed by atoms with van der Waals surface area (Å²) in [5, 5.41) is 22.3. The monoisotopic (exact) mass is 249 g/mol. The first-order valence-electron chi connectivity index (χ1n) is 5.07. The zero-order chi connectivity index (χ0) is 13.5. The fourth-order valence-corrected chi connectivity index (χ4v) is 1.21. The zero-order valence-electron chi connectivity index (χ0n) is 9.64. The quantitative estimate of drug-likeness (QED) is 0.354. The first-order chi connectivity index (χ1) is 8.56. The van der Waals surface area contributed by atoms with Crippen molar-refractivity contribution < 1.29 is 14.8 Å². The number of carbonyl (C=O) groups is 1. The van der Waals surface area contributed by atoms with Crippen LogP contribution in [-0.2, 0) is 0 Å². The molecule has 0 bridgehead atoms. The molecule has 0 aliphatic carbocycles. The molecule has 18 heavy (non-hydrogen) atoms. The van der Waals surface area contributed by atoms with Gasteiger partial charge in [0.1, 0.15) is 0 Å². The Morgan fingerprint density at radius 3 is 2.94 bits per heavy atom. The Hall–Kier alpha value is -2.62. The molecule has 0 aromatic carbocycles. The average molecular weight is 249 g/mol. The molecule has 2 N–H and O–H groups in total. The summed E-state index contributed by atoms with van der Waals surface area (Å²) in [6.45, 7) is 2.10. The lowest BCUT2D eigenvalue weighted by Gasteiger charge is -2.04. The maximum Gasteiger partial charge on any atom is 0.337 e. The van der Waals surface area contributed by atoms with E-state index in [0.717, 1.165) is 12.3 Å². The third kappa shape index (κ3) is 3.45. The van der Waals surface area contributed by atoms with Gasteiger partial charge in [-0.15, -0.1) is 11.8 Å². The van der Waals surface area contributed by atoms with Crippen molar-refractivity contribution in [1.29, 1.82) is 0 Å². The summed E-state index contributed by atoms with van der Waals surface area (Å²) in [7, 11) is 0. The van der Waals surface area contributed by atoms with Gasteiger partial charge in [0, 0.05) is 25.2 Å². The summed E-state index contributed by atoms with van der Waals surface area (Å²) in [6, 6.07) is 0.975. The molecule has 0 saturated carbocycles. The lowest BCUT2D eigenvalue weighted by Crippen LogP contribution is -2.07. The fraction of sp³-hybridized carbons (Fsp3) is 0.273. The molecule has 94 valence electrons. The van der Waals surface area contributed by atoms with Crippen LogP contribution in [0.2, 0.25) is 0 Å². The largest absolute Gasteiger partial charge is 0.478 e. The third-order valence-electron chi connectivity index (χ3n) is 2.03. The number of rotatable bonds is 5. The number of hydrogen-bond donors (Lipinski definition) is 2. The van der Waals surface area contributed by atoms with E-state index in [0.29, 0.717) is 13.0 Å². The van der Waals surface area contributed by atoms with E-state index in [4.69, 9.17) is 5.11 Å². The molecule has 1 aromatic rings. The topological polar surface area (TPSA) is 105 Å². The molecule has 7 nitrogen and oxygen atoms in total. The Morgan fingerprint density at radius 1 is 1.67 bits per heavy atom. The highest BCUT2D eigenvalue weighted by molar-refractivity contribution is 5.88. The van der Waals surface area contributed by atoms with E-state index in [2.05, 4.69) is 22.1 Å². The second-order valence-electron chi connectivity index (χ2n) is 3.26. The fourth-order valence-electron chi connectivity index (χ4n) is 1.21. The third-order valence-corrected chi connectivity index (χ3v) is 2.03. The average Bonchev–Trinajstić information content (AvgIpc) is 2.34. The Bertz CT molecular complexity index is 531. The van der Waals surface area contributed by atoms with Crippen LogP contribution in [0.25, 0.3) is 0 Å². The van der Waals surface area contributed by atoms with Crippen LogP contribution in [0, 0.1) is 22.0 Å². The van der Waals surface area contributed by atoms with Crippen LogP contribution in [-0.4, -0.2) is 27.5 Å². The van der Waals surface area contributed by atoms with Crippen LogP contribution in [0.15, 0.2) is 12.3 Å². The number of anilines is 1. The number of aromatic nitrogens is 1. The van der Waals surface area contributed by atoms with Gasteiger partial charge < -0.3 is 10.4 Å². The Balaban J connectivity index is 2.92. The summed E-state index contributed by atoms with van der Waals surface area (Å²) in [4.78, 5) is 24.5. The molecule has 0 spiro atoms. The normalized spacial score (nSPS) is 9.17. The molecule has 0 unspecified atom stereocenters. The van der Waals surface area contributed by atoms with E-state index >= 15 is 0 Å². The van der Waals surface area contributed by atoms with Crippen molar-refractivity contribution in [1.82, 2.24) is 4.98 Å². The van der Waals surface area contributed by atoms with Crippen LogP contribution in [0.1, 0.15) is 23.7 Å². The number of hydrogen-bond acceptors (Lipinski definition) is 5. The number of carboxylic acids is 1. The Labute approximate surface area is 103 Å². The molecular weight excluding hydrogens is 238 g/mol. The van der Waals surface area contributed by atoms with Crippen LogP contribution in [0.3, 0.4) is 0 Å². The van der Waals surface area contributed by atoms with E-state index in [1.807, 2.05) is 0 Å². The highest BCUT2D eigenvalue weighted by Crippen LogP contribution is 2.22. The molecule has 1 heterocycles. The smallest absolute Gasteiger partial charge is 0.337 e. The van der Waals surface area contributed by atoms with Gasteiger partial charge in [0.05, 0.1) is 10.5 Å². The van der Waals surface area contributed by atoms with Gasteiger partial charge in [-0.3, -0.25) is 10.1 Å².